The van der Waals surface area contributed by atoms with Crippen molar-refractivity contribution < 1.29 is 19.1 Å². The largest absolute Gasteiger partial charge is 0.454 e. The second kappa shape index (κ2) is 8.97. The minimum absolute atomic E-state index is 0.0265. The fourth-order valence-electron chi connectivity index (χ4n) is 3.40. The summed E-state index contributed by atoms with van der Waals surface area (Å²) in [6, 6.07) is 12.9. The van der Waals surface area contributed by atoms with Crippen molar-refractivity contribution in [2.24, 2.45) is 5.92 Å². The number of amides is 2. The molecule has 2 aliphatic heterocycles. The van der Waals surface area contributed by atoms with Crippen LogP contribution in [0.2, 0.25) is 5.02 Å². The topological polar surface area (TPSA) is 67.9 Å². The summed E-state index contributed by atoms with van der Waals surface area (Å²) in [6.45, 7) is 1.37. The Labute approximate surface area is 178 Å². The SMILES string of the molecule is O=C(Nc1ccc2c(c1)OCO2)C1CCN(C(=O)CSc2ccccc2Cl)CC1. The summed E-state index contributed by atoms with van der Waals surface area (Å²) in [7, 11) is 0. The number of nitrogens with zero attached hydrogens (tertiary/aromatic N) is 1. The predicted octanol–water partition coefficient (Wildman–Crippen LogP) is 4.04. The van der Waals surface area contributed by atoms with Crippen LogP contribution in [0.4, 0.5) is 5.69 Å². The number of carbonyl (C=O) groups excluding carboxylic acids is 2. The first-order valence-corrected chi connectivity index (χ1v) is 10.8. The van der Waals surface area contributed by atoms with E-state index in [0.29, 0.717) is 53.9 Å². The molecular weight excluding hydrogens is 412 g/mol. The molecule has 1 N–H and O–H groups in total. The molecule has 0 saturated carbocycles. The van der Waals surface area contributed by atoms with Gasteiger partial charge in [0.25, 0.3) is 0 Å². The standard InChI is InChI=1S/C21H21ClN2O4S/c22-16-3-1-2-4-19(16)29-12-20(25)24-9-7-14(8-10-24)21(26)23-15-5-6-17-18(11-15)28-13-27-17/h1-6,11,14H,7-10,12-13H2,(H,23,26). The highest BCUT2D eigenvalue weighted by Crippen LogP contribution is 2.34. The summed E-state index contributed by atoms with van der Waals surface area (Å²) in [5.41, 5.74) is 0.689. The van der Waals surface area contributed by atoms with Gasteiger partial charge in [-0.15, -0.1) is 11.8 Å². The normalized spacial score (nSPS) is 16.0. The third-order valence-electron chi connectivity index (χ3n) is 5.05. The molecule has 0 unspecified atom stereocenters. The van der Waals surface area contributed by atoms with Crippen molar-refractivity contribution in [1.82, 2.24) is 4.90 Å². The zero-order valence-electron chi connectivity index (χ0n) is 15.7. The first kappa shape index (κ1) is 19.9. The van der Waals surface area contributed by atoms with E-state index in [9.17, 15) is 9.59 Å². The number of rotatable bonds is 5. The second-order valence-electron chi connectivity index (χ2n) is 6.93. The molecule has 8 heteroatoms. The number of ether oxygens (including phenoxy) is 2. The van der Waals surface area contributed by atoms with Crippen molar-refractivity contribution in [3.05, 3.63) is 47.5 Å². The molecule has 0 aromatic heterocycles. The van der Waals surface area contributed by atoms with Crippen LogP contribution in [0.3, 0.4) is 0 Å². The van der Waals surface area contributed by atoms with E-state index in [1.54, 1.807) is 18.2 Å². The third-order valence-corrected chi connectivity index (χ3v) is 6.55. The summed E-state index contributed by atoms with van der Waals surface area (Å²) >= 11 is 7.58. The Morgan fingerprint density at radius 3 is 2.66 bits per heavy atom. The minimum Gasteiger partial charge on any atom is -0.454 e. The van der Waals surface area contributed by atoms with Crippen LogP contribution in [0, 0.1) is 5.92 Å². The highest BCUT2D eigenvalue weighted by Gasteiger charge is 2.27. The molecule has 29 heavy (non-hydrogen) atoms. The van der Waals surface area contributed by atoms with Crippen LogP contribution in [-0.2, 0) is 9.59 Å². The van der Waals surface area contributed by atoms with E-state index in [2.05, 4.69) is 5.32 Å². The fraction of sp³-hybridized carbons (Fsp3) is 0.333. The Hall–Kier alpha value is -2.38. The lowest BCUT2D eigenvalue weighted by atomic mass is 9.96. The van der Waals surface area contributed by atoms with Crippen LogP contribution in [0.5, 0.6) is 11.5 Å². The van der Waals surface area contributed by atoms with Crippen molar-refractivity contribution in [2.75, 3.05) is 31.0 Å². The number of carbonyl (C=O) groups is 2. The van der Waals surface area contributed by atoms with Gasteiger partial charge in [-0.1, -0.05) is 23.7 Å². The van der Waals surface area contributed by atoms with Gasteiger partial charge in [0.15, 0.2) is 11.5 Å². The quantitative estimate of drug-likeness (QED) is 0.722. The maximum absolute atomic E-state index is 12.6. The molecule has 4 rings (SSSR count). The van der Waals surface area contributed by atoms with Gasteiger partial charge in [0.2, 0.25) is 18.6 Å². The molecule has 2 aromatic rings. The number of piperidine rings is 1. The van der Waals surface area contributed by atoms with E-state index in [1.807, 2.05) is 29.2 Å². The van der Waals surface area contributed by atoms with Crippen molar-refractivity contribution in [1.29, 1.82) is 0 Å². The van der Waals surface area contributed by atoms with Crippen LogP contribution in [0.25, 0.3) is 0 Å². The molecule has 152 valence electrons. The summed E-state index contributed by atoms with van der Waals surface area (Å²) in [5, 5.41) is 3.60. The van der Waals surface area contributed by atoms with Gasteiger partial charge in [-0.2, -0.15) is 0 Å². The van der Waals surface area contributed by atoms with E-state index in [0.717, 1.165) is 4.90 Å². The van der Waals surface area contributed by atoms with Gasteiger partial charge >= 0.3 is 0 Å². The number of fused-ring (bicyclic) bond motifs is 1. The number of nitrogens with one attached hydrogen (secondary N) is 1. The Morgan fingerprint density at radius 1 is 1.10 bits per heavy atom. The van der Waals surface area contributed by atoms with E-state index in [4.69, 9.17) is 21.1 Å². The lowest BCUT2D eigenvalue weighted by Crippen LogP contribution is -2.42. The molecule has 0 spiro atoms. The molecule has 0 bridgehead atoms. The molecule has 6 nitrogen and oxygen atoms in total. The number of halogens is 1. The zero-order chi connectivity index (χ0) is 20.2. The maximum atomic E-state index is 12.6. The summed E-state index contributed by atoms with van der Waals surface area (Å²) in [6.07, 6.45) is 1.30. The molecule has 0 radical (unpaired) electrons. The fourth-order valence-corrected chi connectivity index (χ4v) is 4.54. The average Bonchev–Trinajstić information content (AvgIpc) is 3.21. The van der Waals surface area contributed by atoms with Crippen LogP contribution < -0.4 is 14.8 Å². The number of likely N-dealkylation sites (tertiary alicyclic amines) is 1. The lowest BCUT2D eigenvalue weighted by molar-refractivity contribution is -0.132. The molecule has 2 heterocycles. The first-order valence-electron chi connectivity index (χ1n) is 9.46. The lowest BCUT2D eigenvalue weighted by Gasteiger charge is -2.31. The van der Waals surface area contributed by atoms with Gasteiger partial charge < -0.3 is 19.7 Å². The van der Waals surface area contributed by atoms with Gasteiger partial charge in [0, 0.05) is 35.7 Å². The van der Waals surface area contributed by atoms with Crippen LogP contribution >= 0.6 is 23.4 Å². The summed E-state index contributed by atoms with van der Waals surface area (Å²) in [5.74, 6) is 1.60. The van der Waals surface area contributed by atoms with Crippen molar-refractivity contribution >= 4 is 40.9 Å². The van der Waals surface area contributed by atoms with Gasteiger partial charge in [-0.3, -0.25) is 9.59 Å². The average molecular weight is 433 g/mol. The highest BCUT2D eigenvalue weighted by atomic mass is 35.5. The van der Waals surface area contributed by atoms with E-state index in [1.165, 1.54) is 11.8 Å². The Bertz CT molecular complexity index is 915. The van der Waals surface area contributed by atoms with E-state index in [-0.39, 0.29) is 24.5 Å². The van der Waals surface area contributed by atoms with Crippen LogP contribution in [0.1, 0.15) is 12.8 Å². The number of hydrogen-bond donors (Lipinski definition) is 1. The highest BCUT2D eigenvalue weighted by molar-refractivity contribution is 8.00. The maximum Gasteiger partial charge on any atom is 0.232 e. The van der Waals surface area contributed by atoms with E-state index < -0.39 is 0 Å². The third kappa shape index (κ3) is 4.79. The molecule has 2 aliphatic rings. The summed E-state index contributed by atoms with van der Waals surface area (Å²) < 4.78 is 10.6. The molecule has 0 aliphatic carbocycles. The van der Waals surface area contributed by atoms with Gasteiger partial charge in [-0.25, -0.2) is 0 Å². The monoisotopic (exact) mass is 432 g/mol. The first-order chi connectivity index (χ1) is 14.1. The molecule has 1 saturated heterocycles. The van der Waals surface area contributed by atoms with Gasteiger partial charge in [0.05, 0.1) is 10.8 Å². The zero-order valence-corrected chi connectivity index (χ0v) is 17.3. The molecule has 2 amide bonds. The van der Waals surface area contributed by atoms with Crippen molar-refractivity contribution in [3.63, 3.8) is 0 Å². The molecule has 0 atom stereocenters. The van der Waals surface area contributed by atoms with Crippen molar-refractivity contribution in [3.8, 4) is 11.5 Å². The van der Waals surface area contributed by atoms with Gasteiger partial charge in [0.1, 0.15) is 0 Å². The number of anilines is 1. The van der Waals surface area contributed by atoms with Gasteiger partial charge in [-0.05, 0) is 37.1 Å². The van der Waals surface area contributed by atoms with Crippen LogP contribution in [0.15, 0.2) is 47.4 Å². The number of hydrogen-bond acceptors (Lipinski definition) is 5. The molecular formula is C21H21ClN2O4S. The van der Waals surface area contributed by atoms with Crippen LogP contribution in [-0.4, -0.2) is 42.3 Å². The number of thioether (sulfide) groups is 1. The summed E-state index contributed by atoms with van der Waals surface area (Å²) in [4.78, 5) is 27.8. The Balaban J connectivity index is 1.25. The van der Waals surface area contributed by atoms with Crippen molar-refractivity contribution in [2.45, 2.75) is 17.7 Å². The Kier molecular flexibility index (Phi) is 6.16. The minimum atomic E-state index is -0.110. The number of benzene rings is 2. The molecule has 2 aromatic carbocycles. The second-order valence-corrected chi connectivity index (χ2v) is 8.36. The Morgan fingerprint density at radius 2 is 1.86 bits per heavy atom. The molecule has 1 fully saturated rings. The smallest absolute Gasteiger partial charge is 0.232 e. The van der Waals surface area contributed by atoms with E-state index >= 15 is 0 Å². The predicted molar refractivity (Wildman–Crippen MR) is 113 cm³/mol.